The Morgan fingerprint density at radius 1 is 1.00 bits per heavy atom. The van der Waals surface area contributed by atoms with Crippen LogP contribution in [0.15, 0.2) is 77.4 Å². The van der Waals surface area contributed by atoms with E-state index in [-0.39, 0.29) is 11.8 Å². The van der Waals surface area contributed by atoms with Gasteiger partial charge in [-0.1, -0.05) is 41.6 Å². The summed E-state index contributed by atoms with van der Waals surface area (Å²) in [6.45, 7) is 1.36. The Labute approximate surface area is 184 Å². The van der Waals surface area contributed by atoms with Gasteiger partial charge in [0.2, 0.25) is 0 Å². The lowest BCUT2D eigenvalue weighted by molar-refractivity contribution is 0.0704. The van der Waals surface area contributed by atoms with Gasteiger partial charge in [0.25, 0.3) is 5.91 Å². The fourth-order valence-corrected chi connectivity index (χ4v) is 4.57. The van der Waals surface area contributed by atoms with Gasteiger partial charge in [0.05, 0.1) is 5.39 Å². The first-order valence-corrected chi connectivity index (χ1v) is 10.8. The maximum absolute atomic E-state index is 13.4. The molecule has 6 rings (SSSR count). The Kier molecular flexibility index (Phi) is 4.45. The van der Waals surface area contributed by atoms with Gasteiger partial charge in [0, 0.05) is 36.3 Å². The van der Waals surface area contributed by atoms with Crippen LogP contribution in [0.25, 0.3) is 27.9 Å². The predicted molar refractivity (Wildman–Crippen MR) is 120 cm³/mol. The van der Waals surface area contributed by atoms with Crippen molar-refractivity contribution in [3.8, 4) is 11.3 Å². The number of piperidine rings is 1. The lowest BCUT2D eigenvalue weighted by Crippen LogP contribution is -2.39. The highest BCUT2D eigenvalue weighted by Gasteiger charge is 2.29. The number of rotatable bonds is 3. The maximum Gasteiger partial charge on any atom is 0.253 e. The van der Waals surface area contributed by atoms with E-state index in [1.165, 1.54) is 0 Å². The van der Waals surface area contributed by atoms with Crippen LogP contribution in [0.4, 0.5) is 0 Å². The van der Waals surface area contributed by atoms with Gasteiger partial charge >= 0.3 is 0 Å². The third-order valence-electron chi connectivity index (χ3n) is 6.17. The third-order valence-corrected chi connectivity index (χ3v) is 6.17. The van der Waals surface area contributed by atoms with Crippen LogP contribution in [0.1, 0.15) is 34.9 Å². The molecule has 0 bridgehead atoms. The van der Waals surface area contributed by atoms with Crippen LogP contribution in [0.2, 0.25) is 0 Å². The van der Waals surface area contributed by atoms with Crippen molar-refractivity contribution in [2.45, 2.75) is 18.8 Å². The average Bonchev–Trinajstić information content (AvgIpc) is 3.48. The molecule has 1 amide bonds. The van der Waals surface area contributed by atoms with Gasteiger partial charge in [-0.05, 0) is 43.2 Å². The summed E-state index contributed by atoms with van der Waals surface area (Å²) in [5.41, 5.74) is 3.16. The molecule has 0 aliphatic carbocycles. The molecule has 0 saturated carbocycles. The normalized spacial score (nSPS) is 16.6. The molecular weight excluding hydrogens is 402 g/mol. The summed E-state index contributed by atoms with van der Waals surface area (Å²) in [6, 6.07) is 21.3. The molecule has 0 spiro atoms. The molecular formula is C25H21N5O2. The number of aromatic nitrogens is 4. The molecule has 1 atom stereocenters. The van der Waals surface area contributed by atoms with E-state index >= 15 is 0 Å². The summed E-state index contributed by atoms with van der Waals surface area (Å²) in [4.78, 5) is 15.3. The first-order chi connectivity index (χ1) is 15.8. The van der Waals surface area contributed by atoms with Crippen LogP contribution in [-0.4, -0.2) is 43.7 Å². The van der Waals surface area contributed by atoms with E-state index < -0.39 is 0 Å². The van der Waals surface area contributed by atoms with E-state index in [0.29, 0.717) is 17.9 Å². The molecule has 4 heterocycles. The lowest BCUT2D eigenvalue weighted by atomic mass is 9.96. The lowest BCUT2D eigenvalue weighted by Gasteiger charge is -2.32. The van der Waals surface area contributed by atoms with Gasteiger partial charge in [-0.15, -0.1) is 10.2 Å². The Hall–Kier alpha value is -4.00. The zero-order chi connectivity index (χ0) is 21.5. The molecule has 0 unspecified atom stereocenters. The van der Waals surface area contributed by atoms with Crippen LogP contribution >= 0.6 is 0 Å². The molecule has 3 aromatic heterocycles. The van der Waals surface area contributed by atoms with Crippen LogP contribution < -0.4 is 0 Å². The van der Waals surface area contributed by atoms with Gasteiger partial charge < -0.3 is 9.42 Å². The minimum atomic E-state index is 0.0191. The van der Waals surface area contributed by atoms with Crippen molar-refractivity contribution < 1.29 is 9.32 Å². The molecule has 2 aromatic carbocycles. The van der Waals surface area contributed by atoms with Crippen molar-refractivity contribution in [2.24, 2.45) is 0 Å². The Bertz CT molecular complexity index is 1420. The van der Waals surface area contributed by atoms with E-state index in [0.717, 1.165) is 47.3 Å². The fraction of sp³-hybridized carbons (Fsp3) is 0.200. The molecule has 1 saturated heterocycles. The van der Waals surface area contributed by atoms with Crippen molar-refractivity contribution >= 4 is 22.5 Å². The number of pyridine rings is 1. The van der Waals surface area contributed by atoms with E-state index in [9.17, 15) is 4.79 Å². The van der Waals surface area contributed by atoms with E-state index in [1.807, 2.05) is 82.2 Å². The Morgan fingerprint density at radius 2 is 1.88 bits per heavy atom. The van der Waals surface area contributed by atoms with E-state index in [2.05, 4.69) is 15.4 Å². The van der Waals surface area contributed by atoms with Gasteiger partial charge in [-0.25, -0.2) is 0 Å². The van der Waals surface area contributed by atoms with Crippen molar-refractivity contribution in [3.05, 3.63) is 84.3 Å². The zero-order valence-corrected chi connectivity index (χ0v) is 17.4. The molecule has 5 aromatic rings. The van der Waals surface area contributed by atoms with Crippen LogP contribution in [0, 0.1) is 0 Å². The van der Waals surface area contributed by atoms with Gasteiger partial charge in [0.1, 0.15) is 11.3 Å². The summed E-state index contributed by atoms with van der Waals surface area (Å²) in [5, 5.41) is 13.7. The topological polar surface area (TPSA) is 76.5 Å². The first kappa shape index (κ1) is 18.7. The standard InChI is InChI=1S/C25H21N5O2/c31-25(18-11-12-21-20(15-18)23(32-28-21)17-7-2-1-3-8-17)29-13-6-9-19(16-29)24-27-26-22-10-4-5-14-30(22)24/h1-5,7-8,10-12,14-15,19H,6,9,13,16H2/t19-/m0/s1. The Balaban J connectivity index is 1.30. The zero-order valence-electron chi connectivity index (χ0n) is 17.4. The Morgan fingerprint density at radius 3 is 2.78 bits per heavy atom. The highest BCUT2D eigenvalue weighted by atomic mass is 16.5. The fourth-order valence-electron chi connectivity index (χ4n) is 4.57. The largest absolute Gasteiger partial charge is 0.355 e. The molecule has 1 aliphatic heterocycles. The molecule has 0 N–H and O–H groups in total. The van der Waals surface area contributed by atoms with Crippen molar-refractivity contribution in [2.75, 3.05) is 13.1 Å². The first-order valence-electron chi connectivity index (χ1n) is 10.8. The second-order valence-corrected chi connectivity index (χ2v) is 8.19. The summed E-state index contributed by atoms with van der Waals surface area (Å²) in [7, 11) is 0. The summed E-state index contributed by atoms with van der Waals surface area (Å²) in [6.07, 6.45) is 3.90. The molecule has 1 aliphatic rings. The smallest absolute Gasteiger partial charge is 0.253 e. The summed E-state index contributed by atoms with van der Waals surface area (Å²) >= 11 is 0. The summed E-state index contributed by atoms with van der Waals surface area (Å²) < 4.78 is 7.62. The highest BCUT2D eigenvalue weighted by molar-refractivity contribution is 6.01. The monoisotopic (exact) mass is 423 g/mol. The number of amides is 1. The molecule has 158 valence electrons. The number of benzene rings is 2. The second kappa shape index (κ2) is 7.60. The van der Waals surface area contributed by atoms with Crippen LogP contribution in [0.5, 0.6) is 0 Å². The number of hydrogen-bond acceptors (Lipinski definition) is 5. The minimum Gasteiger partial charge on any atom is -0.355 e. The third kappa shape index (κ3) is 3.13. The number of carbonyl (C=O) groups is 1. The quantitative estimate of drug-likeness (QED) is 0.425. The van der Waals surface area contributed by atoms with E-state index in [1.54, 1.807) is 0 Å². The minimum absolute atomic E-state index is 0.0191. The van der Waals surface area contributed by atoms with Crippen molar-refractivity contribution in [3.63, 3.8) is 0 Å². The van der Waals surface area contributed by atoms with E-state index in [4.69, 9.17) is 4.52 Å². The molecule has 7 nitrogen and oxygen atoms in total. The van der Waals surface area contributed by atoms with Crippen molar-refractivity contribution in [1.82, 2.24) is 24.7 Å². The van der Waals surface area contributed by atoms with Crippen molar-refractivity contribution in [1.29, 1.82) is 0 Å². The van der Waals surface area contributed by atoms with Gasteiger partial charge in [0.15, 0.2) is 11.4 Å². The number of nitrogens with zero attached hydrogens (tertiary/aromatic N) is 5. The molecule has 0 radical (unpaired) electrons. The molecule has 7 heteroatoms. The maximum atomic E-state index is 13.4. The SMILES string of the molecule is O=C(c1ccc2noc(-c3ccccc3)c2c1)N1CCC[C@H](c2nnc3ccccn23)C1. The predicted octanol–water partition coefficient (Wildman–Crippen LogP) is 4.56. The number of likely N-dealkylation sites (tertiary alicyclic amines) is 1. The van der Waals surface area contributed by atoms with Gasteiger partial charge in [-0.3, -0.25) is 9.20 Å². The number of hydrogen-bond donors (Lipinski definition) is 0. The van der Waals surface area contributed by atoms with Gasteiger partial charge in [-0.2, -0.15) is 0 Å². The van der Waals surface area contributed by atoms with Crippen LogP contribution in [0.3, 0.4) is 0 Å². The second-order valence-electron chi connectivity index (χ2n) is 8.19. The van der Waals surface area contributed by atoms with Crippen LogP contribution in [-0.2, 0) is 0 Å². The average molecular weight is 423 g/mol. The highest BCUT2D eigenvalue weighted by Crippen LogP contribution is 2.31. The molecule has 1 fully saturated rings. The number of carbonyl (C=O) groups excluding carboxylic acids is 1. The summed E-state index contributed by atoms with van der Waals surface area (Å²) in [5.74, 6) is 1.77. The number of fused-ring (bicyclic) bond motifs is 2. The molecule has 32 heavy (non-hydrogen) atoms.